The van der Waals surface area contributed by atoms with E-state index in [0.717, 1.165) is 6.42 Å². The van der Waals surface area contributed by atoms with Gasteiger partial charge in [-0.15, -0.1) is 24.0 Å². The minimum atomic E-state index is -3.18. The van der Waals surface area contributed by atoms with Gasteiger partial charge in [-0.2, -0.15) is 0 Å². The molecule has 1 fully saturated rings. The molecule has 142 valence electrons. The Bertz CT molecular complexity index is 710. The predicted octanol–water partition coefficient (Wildman–Crippen LogP) is 2.84. The minimum Gasteiger partial charge on any atom is -0.353 e. The molecule has 5 nitrogen and oxygen atoms in total. The molecule has 0 aliphatic heterocycles. The van der Waals surface area contributed by atoms with E-state index in [9.17, 15) is 12.8 Å². The summed E-state index contributed by atoms with van der Waals surface area (Å²) >= 11 is 0. The van der Waals surface area contributed by atoms with Gasteiger partial charge in [0.15, 0.2) is 15.8 Å². The predicted molar refractivity (Wildman–Crippen MR) is 111 cm³/mol. The van der Waals surface area contributed by atoms with E-state index < -0.39 is 9.84 Å². The van der Waals surface area contributed by atoms with Crippen molar-refractivity contribution in [3.05, 3.63) is 35.1 Å². The molecule has 2 atom stereocenters. The molecule has 0 saturated heterocycles. The van der Waals surface area contributed by atoms with Crippen LogP contribution < -0.4 is 10.6 Å². The van der Waals surface area contributed by atoms with Crippen molar-refractivity contribution < 1.29 is 12.8 Å². The molecule has 2 N–H and O–H groups in total. The first-order valence-corrected chi connectivity index (χ1v) is 10.3. The molecule has 1 aliphatic carbocycles. The van der Waals surface area contributed by atoms with Crippen LogP contribution in [0.4, 0.5) is 4.39 Å². The Balaban J connectivity index is 0.00000312. The fourth-order valence-electron chi connectivity index (χ4n) is 2.85. The van der Waals surface area contributed by atoms with Gasteiger partial charge in [0.05, 0.1) is 5.75 Å². The van der Waals surface area contributed by atoms with Gasteiger partial charge in [-0.1, -0.05) is 19.4 Å². The van der Waals surface area contributed by atoms with Gasteiger partial charge < -0.3 is 10.6 Å². The molecule has 1 aromatic carbocycles. The van der Waals surface area contributed by atoms with E-state index >= 15 is 0 Å². The Labute approximate surface area is 166 Å². The lowest BCUT2D eigenvalue weighted by Gasteiger charge is -2.14. The number of halogens is 2. The Hall–Kier alpha value is -0.900. The van der Waals surface area contributed by atoms with Gasteiger partial charge in [0, 0.05) is 25.9 Å². The number of benzene rings is 1. The van der Waals surface area contributed by atoms with Crippen molar-refractivity contribution in [1.82, 2.24) is 10.6 Å². The van der Waals surface area contributed by atoms with Crippen molar-refractivity contribution in [2.75, 3.05) is 13.3 Å². The monoisotopic (exact) mass is 483 g/mol. The molecule has 1 saturated carbocycles. The van der Waals surface area contributed by atoms with Crippen LogP contribution in [0.3, 0.4) is 0 Å². The Morgan fingerprint density at radius 3 is 2.68 bits per heavy atom. The fourth-order valence-corrected chi connectivity index (χ4v) is 3.69. The van der Waals surface area contributed by atoms with Crippen LogP contribution in [0.5, 0.6) is 0 Å². The van der Waals surface area contributed by atoms with Crippen LogP contribution in [0, 0.1) is 11.7 Å². The van der Waals surface area contributed by atoms with Gasteiger partial charge in [0.1, 0.15) is 5.82 Å². The number of nitrogens with one attached hydrogen (secondary N) is 2. The Morgan fingerprint density at radius 1 is 1.36 bits per heavy atom. The van der Waals surface area contributed by atoms with Gasteiger partial charge in [-0.3, -0.25) is 4.99 Å². The summed E-state index contributed by atoms with van der Waals surface area (Å²) in [4.78, 5) is 4.19. The number of aliphatic imine (C=N–C) groups is 1. The lowest BCUT2D eigenvalue weighted by Crippen LogP contribution is -2.39. The highest BCUT2D eigenvalue weighted by Gasteiger charge is 2.36. The standard InChI is InChI=1S/C17H26FN3O2S.HI/c1-4-5-12-9-16(12)21-17(19-2)20-10-14-8-15(18)7-6-13(14)11-24(3,22)23;/h6-8,12,16H,4-5,9-11H2,1-3H3,(H2,19,20,21);1H. The highest BCUT2D eigenvalue weighted by atomic mass is 127. The smallest absolute Gasteiger partial charge is 0.191 e. The summed E-state index contributed by atoms with van der Waals surface area (Å²) < 4.78 is 36.6. The molecule has 1 aromatic rings. The summed E-state index contributed by atoms with van der Waals surface area (Å²) in [5, 5.41) is 6.51. The Morgan fingerprint density at radius 2 is 2.08 bits per heavy atom. The van der Waals surface area contributed by atoms with E-state index in [0.29, 0.717) is 35.6 Å². The summed E-state index contributed by atoms with van der Waals surface area (Å²) in [7, 11) is -1.49. The van der Waals surface area contributed by atoms with Crippen molar-refractivity contribution in [2.24, 2.45) is 10.9 Å². The number of hydrogen-bond donors (Lipinski definition) is 2. The third kappa shape index (κ3) is 7.47. The molecular weight excluding hydrogens is 456 g/mol. The first kappa shape index (κ1) is 22.1. The van der Waals surface area contributed by atoms with Crippen LogP contribution in [0.1, 0.15) is 37.3 Å². The van der Waals surface area contributed by atoms with Crippen molar-refractivity contribution in [3.63, 3.8) is 0 Å². The zero-order chi connectivity index (χ0) is 17.7. The van der Waals surface area contributed by atoms with E-state index in [4.69, 9.17) is 0 Å². The first-order chi connectivity index (χ1) is 11.3. The number of sulfone groups is 1. The Kier molecular flexibility index (Phi) is 8.59. The quantitative estimate of drug-likeness (QED) is 0.356. The van der Waals surface area contributed by atoms with Gasteiger partial charge in [0.25, 0.3) is 0 Å². The van der Waals surface area contributed by atoms with E-state index in [-0.39, 0.29) is 35.5 Å². The topological polar surface area (TPSA) is 70.6 Å². The summed E-state index contributed by atoms with van der Waals surface area (Å²) in [6.07, 6.45) is 4.70. The SMILES string of the molecule is CCCC1CC1NC(=NC)NCc1cc(F)ccc1CS(C)(=O)=O.I. The molecule has 0 spiro atoms. The van der Waals surface area contributed by atoms with Crippen LogP contribution in [-0.2, 0) is 22.1 Å². The molecule has 2 rings (SSSR count). The van der Waals surface area contributed by atoms with E-state index in [2.05, 4.69) is 22.5 Å². The van der Waals surface area contributed by atoms with Crippen molar-refractivity contribution in [1.29, 1.82) is 0 Å². The summed E-state index contributed by atoms with van der Waals surface area (Å²) in [5.74, 6) is 0.881. The van der Waals surface area contributed by atoms with E-state index in [1.807, 2.05) is 0 Å². The molecule has 25 heavy (non-hydrogen) atoms. The number of guanidine groups is 1. The van der Waals surface area contributed by atoms with Gasteiger partial charge in [-0.05, 0) is 42.0 Å². The molecule has 0 heterocycles. The second-order valence-electron chi connectivity index (χ2n) is 6.44. The highest BCUT2D eigenvalue weighted by molar-refractivity contribution is 14.0. The lowest BCUT2D eigenvalue weighted by molar-refractivity contribution is 0.599. The molecule has 0 aromatic heterocycles. The maximum atomic E-state index is 13.5. The van der Waals surface area contributed by atoms with Gasteiger partial charge >= 0.3 is 0 Å². The van der Waals surface area contributed by atoms with Crippen molar-refractivity contribution in [2.45, 2.75) is 44.5 Å². The summed E-state index contributed by atoms with van der Waals surface area (Å²) in [5.41, 5.74) is 1.24. The van der Waals surface area contributed by atoms with Crippen LogP contribution in [-0.4, -0.2) is 33.7 Å². The average Bonchev–Trinajstić information content (AvgIpc) is 3.22. The molecule has 8 heteroatoms. The van der Waals surface area contributed by atoms with Crippen molar-refractivity contribution in [3.8, 4) is 0 Å². The van der Waals surface area contributed by atoms with E-state index in [1.54, 1.807) is 7.05 Å². The molecule has 0 bridgehead atoms. The van der Waals surface area contributed by atoms with Gasteiger partial charge in [-0.25, -0.2) is 12.8 Å². The third-order valence-corrected chi connectivity index (χ3v) is 5.00. The van der Waals surface area contributed by atoms with Crippen LogP contribution in [0.25, 0.3) is 0 Å². The molecule has 0 amide bonds. The summed E-state index contributed by atoms with van der Waals surface area (Å²) in [6, 6.07) is 4.63. The van der Waals surface area contributed by atoms with E-state index in [1.165, 1.54) is 37.3 Å². The molecule has 2 unspecified atom stereocenters. The largest absolute Gasteiger partial charge is 0.353 e. The highest BCUT2D eigenvalue weighted by Crippen LogP contribution is 2.34. The number of hydrogen-bond acceptors (Lipinski definition) is 3. The minimum absolute atomic E-state index is 0. The maximum absolute atomic E-state index is 13.5. The average molecular weight is 483 g/mol. The number of rotatable bonds is 7. The fraction of sp³-hybridized carbons (Fsp3) is 0.588. The van der Waals surface area contributed by atoms with Crippen LogP contribution in [0.2, 0.25) is 0 Å². The second-order valence-corrected chi connectivity index (χ2v) is 8.58. The summed E-state index contributed by atoms with van der Waals surface area (Å²) in [6.45, 7) is 2.50. The van der Waals surface area contributed by atoms with Gasteiger partial charge in [0.2, 0.25) is 0 Å². The van der Waals surface area contributed by atoms with Crippen molar-refractivity contribution >= 4 is 39.8 Å². The normalized spacial score (nSPS) is 19.9. The van der Waals surface area contributed by atoms with Crippen LogP contribution >= 0.6 is 24.0 Å². The van der Waals surface area contributed by atoms with Crippen LogP contribution in [0.15, 0.2) is 23.2 Å². The number of nitrogens with zero attached hydrogens (tertiary/aromatic N) is 1. The molecule has 0 radical (unpaired) electrons. The molecule has 1 aliphatic rings. The second kappa shape index (κ2) is 9.70. The zero-order valence-electron chi connectivity index (χ0n) is 14.9. The zero-order valence-corrected chi connectivity index (χ0v) is 18.0. The third-order valence-electron chi connectivity index (χ3n) is 4.16. The molecular formula is C17H27FIN3O2S. The lowest BCUT2D eigenvalue weighted by atomic mass is 10.1. The maximum Gasteiger partial charge on any atom is 0.191 e. The first-order valence-electron chi connectivity index (χ1n) is 8.24.